The third kappa shape index (κ3) is 4.57. The van der Waals surface area contributed by atoms with E-state index in [0.717, 1.165) is 12.7 Å². The van der Waals surface area contributed by atoms with Crippen molar-refractivity contribution in [1.82, 2.24) is 4.57 Å². The molecular weight excluding hydrogens is 197 g/mol. The standard InChI is InChI=1S/C10H18FNOSi/c1-14(2,3)7-6-13-9-12-5-4-10(11)8-12/h4-5,8H,6-7,9H2,1-3H3. The molecule has 14 heavy (non-hydrogen) atoms. The predicted molar refractivity (Wildman–Crippen MR) is 58.5 cm³/mol. The Morgan fingerprint density at radius 1 is 1.43 bits per heavy atom. The van der Waals surface area contributed by atoms with Crippen LogP contribution in [0.4, 0.5) is 4.39 Å². The summed E-state index contributed by atoms with van der Waals surface area (Å²) in [5.74, 6) is -0.209. The zero-order chi connectivity index (χ0) is 10.6. The van der Waals surface area contributed by atoms with Crippen LogP contribution >= 0.6 is 0 Å². The second-order valence-electron chi connectivity index (χ2n) is 4.69. The van der Waals surface area contributed by atoms with Crippen LogP contribution in [0.15, 0.2) is 18.5 Å². The second-order valence-corrected chi connectivity index (χ2v) is 10.3. The molecule has 0 atom stereocenters. The lowest BCUT2D eigenvalue weighted by Crippen LogP contribution is -2.21. The number of hydrogen-bond donors (Lipinski definition) is 0. The van der Waals surface area contributed by atoms with E-state index in [1.807, 2.05) is 0 Å². The lowest BCUT2D eigenvalue weighted by Gasteiger charge is -2.15. The van der Waals surface area contributed by atoms with Crippen molar-refractivity contribution in [3.05, 3.63) is 24.3 Å². The van der Waals surface area contributed by atoms with Gasteiger partial charge in [-0.25, -0.2) is 4.39 Å². The fourth-order valence-electron chi connectivity index (χ4n) is 1.04. The van der Waals surface area contributed by atoms with E-state index in [0.29, 0.717) is 6.73 Å². The quantitative estimate of drug-likeness (QED) is 0.544. The molecule has 0 spiro atoms. The van der Waals surface area contributed by atoms with Gasteiger partial charge >= 0.3 is 0 Å². The summed E-state index contributed by atoms with van der Waals surface area (Å²) in [6, 6.07) is 2.58. The molecule has 0 saturated heterocycles. The van der Waals surface area contributed by atoms with Gasteiger partial charge in [0.05, 0.1) is 0 Å². The van der Waals surface area contributed by atoms with Crippen LogP contribution in [-0.4, -0.2) is 19.2 Å². The molecule has 0 fully saturated rings. The summed E-state index contributed by atoms with van der Waals surface area (Å²) in [4.78, 5) is 0. The molecule has 1 aromatic rings. The van der Waals surface area contributed by atoms with Crippen LogP contribution in [0.1, 0.15) is 0 Å². The Bertz CT molecular complexity index is 280. The first-order valence-electron chi connectivity index (χ1n) is 4.86. The molecule has 0 amide bonds. The van der Waals surface area contributed by atoms with Crippen molar-refractivity contribution in [2.24, 2.45) is 0 Å². The van der Waals surface area contributed by atoms with Gasteiger partial charge in [0, 0.05) is 27.1 Å². The molecule has 4 heteroatoms. The second kappa shape index (κ2) is 4.75. The minimum atomic E-state index is -0.999. The molecule has 0 aliphatic heterocycles. The monoisotopic (exact) mass is 215 g/mol. The molecule has 0 N–H and O–H groups in total. The lowest BCUT2D eigenvalue weighted by atomic mass is 10.6. The van der Waals surface area contributed by atoms with Gasteiger partial charge in [0.1, 0.15) is 12.5 Å². The highest BCUT2D eigenvalue weighted by Crippen LogP contribution is 2.08. The van der Waals surface area contributed by atoms with Crippen molar-refractivity contribution < 1.29 is 9.13 Å². The van der Waals surface area contributed by atoms with E-state index in [1.54, 1.807) is 10.8 Å². The SMILES string of the molecule is C[Si](C)(C)CCOCn1ccc(F)c1. The molecule has 1 rings (SSSR count). The van der Waals surface area contributed by atoms with Crippen LogP contribution in [0.3, 0.4) is 0 Å². The van der Waals surface area contributed by atoms with Crippen LogP contribution in [0.25, 0.3) is 0 Å². The number of rotatable bonds is 5. The first-order valence-corrected chi connectivity index (χ1v) is 8.57. The third-order valence-electron chi connectivity index (χ3n) is 1.95. The molecule has 0 radical (unpaired) electrons. The molecule has 0 saturated carbocycles. The average molecular weight is 215 g/mol. The van der Waals surface area contributed by atoms with Crippen molar-refractivity contribution >= 4 is 8.07 Å². The van der Waals surface area contributed by atoms with Crippen LogP contribution in [0.2, 0.25) is 25.7 Å². The van der Waals surface area contributed by atoms with E-state index in [9.17, 15) is 4.39 Å². The van der Waals surface area contributed by atoms with Gasteiger partial charge in [-0.1, -0.05) is 19.6 Å². The minimum Gasteiger partial charge on any atom is -0.361 e. The molecule has 1 heterocycles. The van der Waals surface area contributed by atoms with Crippen molar-refractivity contribution in [1.29, 1.82) is 0 Å². The van der Waals surface area contributed by atoms with Gasteiger partial charge in [-0.15, -0.1) is 0 Å². The fraction of sp³-hybridized carbons (Fsp3) is 0.600. The van der Waals surface area contributed by atoms with Crippen molar-refractivity contribution in [3.63, 3.8) is 0 Å². The normalized spacial score (nSPS) is 12.0. The molecule has 2 nitrogen and oxygen atoms in total. The van der Waals surface area contributed by atoms with Gasteiger partial charge < -0.3 is 9.30 Å². The molecule has 0 bridgehead atoms. The number of ether oxygens (including phenoxy) is 1. The van der Waals surface area contributed by atoms with Crippen molar-refractivity contribution in [2.45, 2.75) is 32.4 Å². The summed E-state index contributed by atoms with van der Waals surface area (Å²) in [5.41, 5.74) is 0. The Kier molecular flexibility index (Phi) is 3.89. The van der Waals surface area contributed by atoms with Gasteiger partial charge in [0.2, 0.25) is 0 Å². The number of nitrogens with zero attached hydrogens (tertiary/aromatic N) is 1. The molecule has 1 aromatic heterocycles. The summed E-state index contributed by atoms with van der Waals surface area (Å²) in [6.45, 7) is 8.16. The van der Waals surface area contributed by atoms with Gasteiger partial charge in [-0.3, -0.25) is 0 Å². The topological polar surface area (TPSA) is 14.2 Å². The maximum Gasteiger partial charge on any atom is 0.140 e. The number of hydrogen-bond acceptors (Lipinski definition) is 1. The Morgan fingerprint density at radius 3 is 2.64 bits per heavy atom. The Balaban J connectivity index is 2.16. The Morgan fingerprint density at radius 2 is 2.14 bits per heavy atom. The summed E-state index contributed by atoms with van der Waals surface area (Å²) in [6.07, 6.45) is 3.12. The van der Waals surface area contributed by atoms with E-state index in [1.165, 1.54) is 12.3 Å². The van der Waals surface area contributed by atoms with Crippen molar-refractivity contribution in [3.8, 4) is 0 Å². The third-order valence-corrected chi connectivity index (χ3v) is 3.66. The predicted octanol–water partition coefficient (Wildman–Crippen LogP) is 2.94. The molecule has 0 aliphatic carbocycles. The summed E-state index contributed by atoms with van der Waals surface area (Å²) in [5, 5.41) is 0. The van der Waals surface area contributed by atoms with Crippen LogP contribution in [0, 0.1) is 5.82 Å². The summed E-state index contributed by atoms with van der Waals surface area (Å²) >= 11 is 0. The van der Waals surface area contributed by atoms with E-state index in [4.69, 9.17) is 4.74 Å². The largest absolute Gasteiger partial charge is 0.361 e. The molecule has 80 valence electrons. The van der Waals surface area contributed by atoms with Crippen LogP contribution < -0.4 is 0 Å². The first kappa shape index (κ1) is 11.5. The lowest BCUT2D eigenvalue weighted by molar-refractivity contribution is 0.0871. The molecule has 0 unspecified atom stereocenters. The summed E-state index contributed by atoms with van der Waals surface area (Å²) in [7, 11) is -0.999. The number of halogens is 1. The van der Waals surface area contributed by atoms with Crippen LogP contribution in [-0.2, 0) is 11.5 Å². The van der Waals surface area contributed by atoms with Crippen molar-refractivity contribution in [2.75, 3.05) is 6.61 Å². The Labute approximate surface area is 85.7 Å². The minimum absolute atomic E-state index is 0.209. The number of aromatic nitrogens is 1. The highest BCUT2D eigenvalue weighted by molar-refractivity contribution is 6.76. The van der Waals surface area contributed by atoms with Gasteiger partial charge in [0.15, 0.2) is 0 Å². The maximum absolute atomic E-state index is 12.6. The zero-order valence-electron chi connectivity index (χ0n) is 9.09. The molecule has 0 aliphatic rings. The Hall–Kier alpha value is -0.613. The first-order chi connectivity index (χ1) is 6.47. The van der Waals surface area contributed by atoms with Gasteiger partial charge in [-0.05, 0) is 12.1 Å². The fourth-order valence-corrected chi connectivity index (χ4v) is 1.80. The molecule has 0 aromatic carbocycles. The smallest absolute Gasteiger partial charge is 0.140 e. The summed E-state index contributed by atoms with van der Waals surface area (Å²) < 4.78 is 19.7. The highest BCUT2D eigenvalue weighted by atomic mass is 28.3. The molecular formula is C10H18FNOSi. The maximum atomic E-state index is 12.6. The van der Waals surface area contributed by atoms with E-state index in [-0.39, 0.29) is 5.82 Å². The van der Waals surface area contributed by atoms with Crippen LogP contribution in [0.5, 0.6) is 0 Å². The van der Waals surface area contributed by atoms with Gasteiger partial charge in [0.25, 0.3) is 0 Å². The van der Waals surface area contributed by atoms with Gasteiger partial charge in [-0.2, -0.15) is 0 Å². The van der Waals surface area contributed by atoms with E-state index in [2.05, 4.69) is 19.6 Å². The van der Waals surface area contributed by atoms with E-state index >= 15 is 0 Å². The highest BCUT2D eigenvalue weighted by Gasteiger charge is 2.11. The van der Waals surface area contributed by atoms with E-state index < -0.39 is 8.07 Å². The average Bonchev–Trinajstić information content (AvgIpc) is 2.44. The zero-order valence-corrected chi connectivity index (χ0v) is 10.1.